The normalized spacial score (nSPS) is 25.3. The van der Waals surface area contributed by atoms with Crippen LogP contribution in [0.3, 0.4) is 0 Å². The van der Waals surface area contributed by atoms with Crippen molar-refractivity contribution in [2.45, 2.75) is 63.7 Å². The number of nitriles is 1. The second-order valence-corrected chi connectivity index (χ2v) is 10.9. The quantitative estimate of drug-likeness (QED) is 0.612. The summed E-state index contributed by atoms with van der Waals surface area (Å²) in [6.07, 6.45) is 9.54. The highest BCUT2D eigenvalue weighted by molar-refractivity contribution is 5.89. The molecule has 1 aromatic carbocycles. The van der Waals surface area contributed by atoms with Crippen molar-refractivity contribution in [3.63, 3.8) is 0 Å². The minimum absolute atomic E-state index is 0.294. The summed E-state index contributed by atoms with van der Waals surface area (Å²) in [6, 6.07) is 7.79. The van der Waals surface area contributed by atoms with E-state index in [9.17, 15) is 15.2 Å². The minimum atomic E-state index is -1.10. The molecule has 180 valence electrons. The Morgan fingerprint density at radius 1 is 1.20 bits per heavy atom. The third kappa shape index (κ3) is 3.73. The van der Waals surface area contributed by atoms with Gasteiger partial charge in [-0.25, -0.2) is 14.8 Å². The van der Waals surface area contributed by atoms with E-state index in [1.807, 2.05) is 18.5 Å². The third-order valence-electron chi connectivity index (χ3n) is 8.13. The van der Waals surface area contributed by atoms with Crippen LogP contribution in [0.25, 0.3) is 11.0 Å². The van der Waals surface area contributed by atoms with Crippen LogP contribution in [-0.2, 0) is 16.9 Å². The van der Waals surface area contributed by atoms with Gasteiger partial charge >= 0.3 is 6.09 Å². The lowest BCUT2D eigenvalue weighted by Gasteiger charge is -2.41. The topological polar surface area (TPSA) is 117 Å². The number of hydrogen-bond acceptors (Lipinski definition) is 7. The molecular formula is C26H28N6O3. The molecule has 2 saturated carbocycles. The van der Waals surface area contributed by atoms with Gasteiger partial charge in [-0.3, -0.25) is 9.88 Å². The number of benzene rings is 1. The lowest BCUT2D eigenvalue weighted by Crippen LogP contribution is -2.44. The monoisotopic (exact) mass is 472 g/mol. The van der Waals surface area contributed by atoms with Crippen LogP contribution in [0.2, 0.25) is 0 Å². The molecule has 3 aromatic rings. The van der Waals surface area contributed by atoms with Gasteiger partial charge in [-0.05, 0) is 75.5 Å². The molecule has 1 aliphatic heterocycles. The average molecular weight is 473 g/mol. The van der Waals surface area contributed by atoms with Crippen LogP contribution in [0.15, 0.2) is 36.9 Å². The SMILES string of the molecule is CC(C)(O)c1cnc(N2C[C@]3(CCC4(CC4)[C@H](Cn4cnc5ccc(C#N)cc54)C3)OC2=O)cn1. The Hall–Kier alpha value is -3.51. The fraction of sp³-hybridized carbons (Fsp3) is 0.500. The number of amides is 1. The molecule has 6 rings (SSSR count). The van der Waals surface area contributed by atoms with Crippen molar-refractivity contribution >= 4 is 22.9 Å². The van der Waals surface area contributed by atoms with Gasteiger partial charge < -0.3 is 14.4 Å². The second kappa shape index (κ2) is 7.49. The van der Waals surface area contributed by atoms with E-state index in [1.54, 1.807) is 24.8 Å². The Kier molecular flexibility index (Phi) is 4.71. The number of fused-ring (bicyclic) bond motifs is 1. The predicted octanol–water partition coefficient (Wildman–Crippen LogP) is 3.90. The summed E-state index contributed by atoms with van der Waals surface area (Å²) in [5, 5.41) is 19.5. The number of aromatic nitrogens is 4. The predicted molar refractivity (Wildman–Crippen MR) is 127 cm³/mol. The number of hydrogen-bond donors (Lipinski definition) is 1. The zero-order valence-corrected chi connectivity index (χ0v) is 19.9. The van der Waals surface area contributed by atoms with Gasteiger partial charge in [0, 0.05) is 6.54 Å². The van der Waals surface area contributed by atoms with Crippen molar-refractivity contribution in [1.29, 1.82) is 5.26 Å². The Balaban J connectivity index is 1.24. The molecule has 9 heteroatoms. The largest absolute Gasteiger partial charge is 0.441 e. The highest BCUT2D eigenvalue weighted by Crippen LogP contribution is 2.63. The number of aliphatic hydroxyl groups is 1. The first-order valence-electron chi connectivity index (χ1n) is 12.1. The highest BCUT2D eigenvalue weighted by atomic mass is 16.6. The van der Waals surface area contributed by atoms with Gasteiger partial charge in [0.05, 0.1) is 53.6 Å². The lowest BCUT2D eigenvalue weighted by atomic mass is 9.69. The summed E-state index contributed by atoms with van der Waals surface area (Å²) in [5.74, 6) is 0.781. The van der Waals surface area contributed by atoms with Crippen LogP contribution in [0.5, 0.6) is 0 Å². The van der Waals surface area contributed by atoms with Crippen LogP contribution >= 0.6 is 0 Å². The first-order valence-corrected chi connectivity index (χ1v) is 12.1. The molecule has 9 nitrogen and oxygen atoms in total. The van der Waals surface area contributed by atoms with E-state index >= 15 is 0 Å². The Morgan fingerprint density at radius 3 is 2.69 bits per heavy atom. The van der Waals surface area contributed by atoms with Crippen LogP contribution in [0, 0.1) is 22.7 Å². The Bertz CT molecular complexity index is 1350. The fourth-order valence-electron chi connectivity index (χ4n) is 5.85. The Labute approximate surface area is 203 Å². The summed E-state index contributed by atoms with van der Waals surface area (Å²) >= 11 is 0. The van der Waals surface area contributed by atoms with Crippen LogP contribution in [-0.4, -0.2) is 42.9 Å². The number of rotatable bonds is 4. The zero-order valence-electron chi connectivity index (χ0n) is 19.9. The van der Waals surface area contributed by atoms with E-state index in [1.165, 1.54) is 25.2 Å². The maximum atomic E-state index is 12.9. The maximum Gasteiger partial charge on any atom is 0.416 e. The number of carbonyl (C=O) groups is 1. The number of anilines is 1. The van der Waals surface area contributed by atoms with Gasteiger partial charge in [-0.1, -0.05) is 0 Å². The molecule has 2 atom stereocenters. The molecule has 2 aliphatic carbocycles. The number of ether oxygens (including phenoxy) is 1. The summed E-state index contributed by atoms with van der Waals surface area (Å²) in [6.45, 7) is 4.52. The minimum Gasteiger partial charge on any atom is -0.441 e. The number of nitrogens with zero attached hydrogens (tertiary/aromatic N) is 6. The van der Waals surface area contributed by atoms with E-state index < -0.39 is 17.3 Å². The molecule has 3 heterocycles. The van der Waals surface area contributed by atoms with E-state index in [4.69, 9.17) is 4.74 Å². The lowest BCUT2D eigenvalue weighted by molar-refractivity contribution is -0.0230. The third-order valence-corrected chi connectivity index (χ3v) is 8.13. The van der Waals surface area contributed by atoms with E-state index in [0.29, 0.717) is 35.0 Å². The number of carbonyl (C=O) groups excluding carboxylic acids is 1. The van der Waals surface area contributed by atoms with Crippen molar-refractivity contribution in [2.75, 3.05) is 11.4 Å². The van der Waals surface area contributed by atoms with Gasteiger partial charge in [0.25, 0.3) is 0 Å². The van der Waals surface area contributed by atoms with E-state index in [0.717, 1.165) is 36.8 Å². The van der Waals surface area contributed by atoms with Crippen molar-refractivity contribution < 1.29 is 14.6 Å². The second-order valence-electron chi connectivity index (χ2n) is 10.9. The first kappa shape index (κ1) is 22.0. The standard InChI is InChI=1S/C26H28N6O3/c1-24(2,34)21-12-29-22(13-28-21)32-15-26(35-23(32)33)8-7-25(5-6-25)18(10-26)14-31-16-30-19-4-3-17(11-27)9-20(19)31/h3-4,9,12-13,16,18,34H,5-8,10,14-15H2,1-2H3/t18-,26+/m0/s1. The molecular weight excluding hydrogens is 444 g/mol. The molecule has 0 bridgehead atoms. The van der Waals surface area contributed by atoms with Crippen molar-refractivity contribution in [1.82, 2.24) is 19.5 Å². The van der Waals surface area contributed by atoms with Gasteiger partial charge in [0.2, 0.25) is 0 Å². The summed E-state index contributed by atoms with van der Waals surface area (Å²) in [7, 11) is 0. The molecule has 1 amide bonds. The number of imidazole rings is 1. The van der Waals surface area contributed by atoms with Gasteiger partial charge in [0.1, 0.15) is 11.2 Å². The molecule has 0 radical (unpaired) electrons. The highest BCUT2D eigenvalue weighted by Gasteiger charge is 2.59. The van der Waals surface area contributed by atoms with Gasteiger partial charge in [0.15, 0.2) is 5.82 Å². The molecule has 3 aliphatic rings. The van der Waals surface area contributed by atoms with Crippen molar-refractivity contribution in [3.05, 3.63) is 48.2 Å². The van der Waals surface area contributed by atoms with Crippen molar-refractivity contribution in [3.8, 4) is 6.07 Å². The van der Waals surface area contributed by atoms with Crippen molar-refractivity contribution in [2.24, 2.45) is 11.3 Å². The fourth-order valence-corrected chi connectivity index (χ4v) is 5.85. The Morgan fingerprint density at radius 2 is 2.00 bits per heavy atom. The van der Waals surface area contributed by atoms with Crippen LogP contribution in [0.4, 0.5) is 10.6 Å². The van der Waals surface area contributed by atoms with Crippen LogP contribution in [0.1, 0.15) is 57.2 Å². The first-order chi connectivity index (χ1) is 16.7. The van der Waals surface area contributed by atoms with E-state index in [-0.39, 0.29) is 0 Å². The summed E-state index contributed by atoms with van der Waals surface area (Å²) in [5.41, 5.74) is 1.56. The molecule has 3 fully saturated rings. The zero-order chi connectivity index (χ0) is 24.4. The van der Waals surface area contributed by atoms with E-state index in [2.05, 4.69) is 25.6 Å². The van der Waals surface area contributed by atoms with Gasteiger partial charge in [-0.2, -0.15) is 5.26 Å². The van der Waals surface area contributed by atoms with Gasteiger partial charge in [-0.15, -0.1) is 0 Å². The molecule has 2 spiro atoms. The smallest absolute Gasteiger partial charge is 0.416 e. The summed E-state index contributed by atoms with van der Waals surface area (Å²) < 4.78 is 8.20. The molecule has 0 unspecified atom stereocenters. The molecule has 1 N–H and O–H groups in total. The maximum absolute atomic E-state index is 12.9. The van der Waals surface area contributed by atoms with Crippen LogP contribution < -0.4 is 4.90 Å². The molecule has 1 saturated heterocycles. The summed E-state index contributed by atoms with van der Waals surface area (Å²) in [4.78, 5) is 27.7. The average Bonchev–Trinajstić information content (AvgIpc) is 3.41. The molecule has 35 heavy (non-hydrogen) atoms. The molecule has 2 aromatic heterocycles.